The van der Waals surface area contributed by atoms with Crippen LogP contribution in [-0.4, -0.2) is 12.5 Å². The Balaban J connectivity index is 1.92. The predicted octanol–water partition coefficient (Wildman–Crippen LogP) is 3.92. The van der Waals surface area contributed by atoms with Crippen LogP contribution in [0.2, 0.25) is 0 Å². The lowest BCUT2D eigenvalue weighted by Gasteiger charge is -2.07. The van der Waals surface area contributed by atoms with Gasteiger partial charge in [-0.15, -0.1) is 11.6 Å². The lowest BCUT2D eigenvalue weighted by atomic mass is 10.0. The molecular formula is C17H20ClNO2. The Kier molecular flexibility index (Phi) is 5.07. The van der Waals surface area contributed by atoms with Gasteiger partial charge < -0.3 is 9.73 Å². The molecule has 4 heteroatoms. The quantitative estimate of drug-likeness (QED) is 0.851. The summed E-state index contributed by atoms with van der Waals surface area (Å²) in [6, 6.07) is 8.06. The molecule has 0 atom stereocenters. The standard InChI is InChI=1S/C17H20ClNO2/c1-11-4-5-14(12(2)8-11)6-7-19-17(20)16-9-15(10-18)13(3)21-16/h4-5,8-9H,6-7,10H2,1-3H3,(H,19,20). The molecule has 2 aromatic rings. The van der Waals surface area contributed by atoms with Crippen molar-refractivity contribution in [3.63, 3.8) is 0 Å². The van der Waals surface area contributed by atoms with Crippen molar-refractivity contribution in [2.24, 2.45) is 0 Å². The van der Waals surface area contributed by atoms with Crippen LogP contribution >= 0.6 is 11.6 Å². The maximum Gasteiger partial charge on any atom is 0.287 e. The first-order chi connectivity index (χ1) is 10.0. The zero-order chi connectivity index (χ0) is 15.4. The highest BCUT2D eigenvalue weighted by atomic mass is 35.5. The zero-order valence-corrected chi connectivity index (χ0v) is 13.4. The molecule has 0 saturated carbocycles. The summed E-state index contributed by atoms with van der Waals surface area (Å²) in [5.74, 6) is 1.18. The molecule has 0 aliphatic heterocycles. The second-order valence-corrected chi connectivity index (χ2v) is 5.53. The summed E-state index contributed by atoms with van der Waals surface area (Å²) in [6.45, 7) is 6.56. The zero-order valence-electron chi connectivity index (χ0n) is 12.6. The molecule has 0 bridgehead atoms. The second-order valence-electron chi connectivity index (χ2n) is 5.26. The fourth-order valence-corrected chi connectivity index (χ4v) is 2.55. The van der Waals surface area contributed by atoms with Gasteiger partial charge in [0, 0.05) is 12.1 Å². The van der Waals surface area contributed by atoms with Gasteiger partial charge in [0.2, 0.25) is 0 Å². The van der Waals surface area contributed by atoms with E-state index in [0.717, 1.165) is 12.0 Å². The molecule has 112 valence electrons. The van der Waals surface area contributed by atoms with E-state index < -0.39 is 0 Å². The van der Waals surface area contributed by atoms with Crippen molar-refractivity contribution in [2.45, 2.75) is 33.1 Å². The van der Waals surface area contributed by atoms with Crippen molar-refractivity contribution in [2.75, 3.05) is 6.54 Å². The number of nitrogens with one attached hydrogen (secondary N) is 1. The van der Waals surface area contributed by atoms with Crippen molar-refractivity contribution in [3.05, 3.63) is 58.0 Å². The number of carbonyl (C=O) groups is 1. The number of hydrogen-bond acceptors (Lipinski definition) is 2. The van der Waals surface area contributed by atoms with Gasteiger partial charge in [-0.25, -0.2) is 0 Å². The van der Waals surface area contributed by atoms with E-state index in [4.69, 9.17) is 16.0 Å². The molecule has 1 amide bonds. The third kappa shape index (κ3) is 3.88. The minimum absolute atomic E-state index is 0.195. The number of hydrogen-bond donors (Lipinski definition) is 1. The minimum atomic E-state index is -0.195. The number of aryl methyl sites for hydroxylation is 3. The first-order valence-electron chi connectivity index (χ1n) is 7.01. The summed E-state index contributed by atoms with van der Waals surface area (Å²) in [4.78, 5) is 12.0. The van der Waals surface area contributed by atoms with Crippen molar-refractivity contribution in [1.82, 2.24) is 5.32 Å². The van der Waals surface area contributed by atoms with Gasteiger partial charge in [-0.05, 0) is 44.4 Å². The Morgan fingerprint density at radius 3 is 2.57 bits per heavy atom. The van der Waals surface area contributed by atoms with E-state index in [2.05, 4.69) is 37.4 Å². The predicted molar refractivity (Wildman–Crippen MR) is 85.0 cm³/mol. The summed E-state index contributed by atoms with van der Waals surface area (Å²) in [5.41, 5.74) is 4.61. The van der Waals surface area contributed by atoms with E-state index >= 15 is 0 Å². The first kappa shape index (κ1) is 15.6. The average molecular weight is 306 g/mol. The van der Waals surface area contributed by atoms with Crippen LogP contribution in [0.5, 0.6) is 0 Å². The molecular weight excluding hydrogens is 286 g/mol. The molecule has 1 aromatic heterocycles. The maximum atomic E-state index is 12.0. The number of alkyl halides is 1. The number of amides is 1. The number of furan rings is 1. The van der Waals surface area contributed by atoms with Crippen LogP contribution in [-0.2, 0) is 12.3 Å². The molecule has 1 aromatic carbocycles. The van der Waals surface area contributed by atoms with Crippen LogP contribution in [0, 0.1) is 20.8 Å². The van der Waals surface area contributed by atoms with Gasteiger partial charge in [-0.2, -0.15) is 0 Å². The van der Waals surface area contributed by atoms with Gasteiger partial charge in [0.25, 0.3) is 5.91 Å². The monoisotopic (exact) mass is 305 g/mol. The number of halogens is 1. The normalized spacial score (nSPS) is 10.7. The summed E-state index contributed by atoms with van der Waals surface area (Å²) in [7, 11) is 0. The van der Waals surface area contributed by atoms with Gasteiger partial charge in [0.15, 0.2) is 5.76 Å². The Hall–Kier alpha value is -1.74. The van der Waals surface area contributed by atoms with Gasteiger partial charge >= 0.3 is 0 Å². The summed E-state index contributed by atoms with van der Waals surface area (Å²) in [6.07, 6.45) is 0.805. The van der Waals surface area contributed by atoms with Gasteiger partial charge in [-0.3, -0.25) is 4.79 Å². The van der Waals surface area contributed by atoms with Crippen molar-refractivity contribution in [1.29, 1.82) is 0 Å². The highest BCUT2D eigenvalue weighted by Gasteiger charge is 2.13. The molecule has 0 aliphatic rings. The molecule has 2 rings (SSSR count). The van der Waals surface area contributed by atoms with Gasteiger partial charge in [-0.1, -0.05) is 23.8 Å². The van der Waals surface area contributed by atoms with Gasteiger partial charge in [0.1, 0.15) is 5.76 Å². The number of rotatable bonds is 5. The summed E-state index contributed by atoms with van der Waals surface area (Å²) in [5, 5.41) is 2.88. The van der Waals surface area contributed by atoms with Crippen LogP contribution in [0.3, 0.4) is 0 Å². The van der Waals surface area contributed by atoms with Crippen LogP contribution in [0.4, 0.5) is 0 Å². The molecule has 3 nitrogen and oxygen atoms in total. The molecule has 0 saturated heterocycles. The summed E-state index contributed by atoms with van der Waals surface area (Å²) < 4.78 is 5.41. The largest absolute Gasteiger partial charge is 0.456 e. The Labute approximate surface area is 130 Å². The maximum absolute atomic E-state index is 12.0. The first-order valence-corrected chi connectivity index (χ1v) is 7.54. The van der Waals surface area contributed by atoms with Crippen LogP contribution in [0.15, 0.2) is 28.7 Å². The van der Waals surface area contributed by atoms with E-state index in [1.165, 1.54) is 16.7 Å². The molecule has 0 spiro atoms. The fourth-order valence-electron chi connectivity index (χ4n) is 2.29. The van der Waals surface area contributed by atoms with Crippen LogP contribution in [0.25, 0.3) is 0 Å². The van der Waals surface area contributed by atoms with Crippen LogP contribution in [0.1, 0.15) is 38.6 Å². The van der Waals surface area contributed by atoms with E-state index in [-0.39, 0.29) is 5.91 Å². The van der Waals surface area contributed by atoms with Gasteiger partial charge in [0.05, 0.1) is 5.88 Å². The van der Waals surface area contributed by atoms with E-state index in [0.29, 0.717) is 23.9 Å². The lowest BCUT2D eigenvalue weighted by Crippen LogP contribution is -2.25. The Morgan fingerprint density at radius 1 is 1.19 bits per heavy atom. The van der Waals surface area contributed by atoms with E-state index in [1.807, 2.05) is 6.92 Å². The van der Waals surface area contributed by atoms with Crippen LogP contribution < -0.4 is 5.32 Å². The number of carbonyl (C=O) groups excluding carboxylic acids is 1. The fraction of sp³-hybridized carbons (Fsp3) is 0.353. The molecule has 1 N–H and O–H groups in total. The van der Waals surface area contributed by atoms with E-state index in [1.54, 1.807) is 6.07 Å². The minimum Gasteiger partial charge on any atom is -0.456 e. The highest BCUT2D eigenvalue weighted by molar-refractivity contribution is 6.17. The molecule has 1 heterocycles. The topological polar surface area (TPSA) is 42.2 Å². The molecule has 0 radical (unpaired) electrons. The highest BCUT2D eigenvalue weighted by Crippen LogP contribution is 2.16. The van der Waals surface area contributed by atoms with Crippen molar-refractivity contribution >= 4 is 17.5 Å². The second kappa shape index (κ2) is 6.81. The number of benzene rings is 1. The SMILES string of the molecule is Cc1ccc(CCNC(=O)c2cc(CCl)c(C)o2)c(C)c1. The molecule has 21 heavy (non-hydrogen) atoms. The smallest absolute Gasteiger partial charge is 0.287 e. The third-order valence-electron chi connectivity index (χ3n) is 3.57. The third-order valence-corrected chi connectivity index (χ3v) is 3.85. The van der Waals surface area contributed by atoms with Crippen molar-refractivity contribution in [3.8, 4) is 0 Å². The summed E-state index contributed by atoms with van der Waals surface area (Å²) >= 11 is 5.77. The molecule has 0 unspecified atom stereocenters. The molecule has 0 fully saturated rings. The van der Waals surface area contributed by atoms with E-state index in [9.17, 15) is 4.79 Å². The average Bonchev–Trinajstić information content (AvgIpc) is 2.82. The lowest BCUT2D eigenvalue weighted by molar-refractivity contribution is 0.0925. The Morgan fingerprint density at radius 2 is 1.95 bits per heavy atom. The Bertz CT molecular complexity index is 646. The van der Waals surface area contributed by atoms with Crippen molar-refractivity contribution < 1.29 is 9.21 Å². The molecule has 0 aliphatic carbocycles.